The summed E-state index contributed by atoms with van der Waals surface area (Å²) in [6, 6.07) is 17.7. The van der Waals surface area contributed by atoms with Gasteiger partial charge in [0.05, 0.1) is 10.2 Å². The molecule has 1 N–H and O–H groups in total. The second-order valence-corrected chi connectivity index (χ2v) is 6.52. The Morgan fingerprint density at radius 2 is 2.00 bits per heavy atom. The molecule has 20 heavy (non-hydrogen) atoms. The van der Waals surface area contributed by atoms with E-state index in [-0.39, 0.29) is 0 Å². The molecule has 100 valence electrons. The van der Waals surface area contributed by atoms with Gasteiger partial charge in [0.15, 0.2) is 5.13 Å². The summed E-state index contributed by atoms with van der Waals surface area (Å²) in [6.07, 6.45) is 1.21. The average Bonchev–Trinajstić information content (AvgIpc) is 3.10. The first-order valence-corrected chi connectivity index (χ1v) is 7.80. The molecule has 1 aliphatic rings. The van der Waals surface area contributed by atoms with Crippen molar-refractivity contribution in [1.82, 2.24) is 4.98 Å². The van der Waals surface area contributed by atoms with Crippen molar-refractivity contribution in [2.24, 2.45) is 0 Å². The van der Waals surface area contributed by atoms with Crippen LogP contribution < -0.4 is 5.32 Å². The van der Waals surface area contributed by atoms with Gasteiger partial charge in [-0.3, -0.25) is 0 Å². The summed E-state index contributed by atoms with van der Waals surface area (Å²) in [5.41, 5.74) is 3.82. The smallest absolute Gasteiger partial charge is 0.184 e. The van der Waals surface area contributed by atoms with Gasteiger partial charge in [0.25, 0.3) is 0 Å². The highest BCUT2D eigenvalue weighted by molar-refractivity contribution is 7.22. The van der Waals surface area contributed by atoms with Gasteiger partial charge in [-0.05, 0) is 36.6 Å². The Bertz CT molecular complexity index is 748. The number of rotatable bonds is 3. The molecule has 0 amide bonds. The van der Waals surface area contributed by atoms with Gasteiger partial charge in [-0.1, -0.05) is 47.7 Å². The summed E-state index contributed by atoms with van der Waals surface area (Å²) >= 11 is 1.75. The first-order chi connectivity index (χ1) is 9.79. The highest BCUT2D eigenvalue weighted by atomic mass is 32.1. The number of aryl methyl sites for hydroxylation is 1. The number of hydrogen-bond acceptors (Lipinski definition) is 3. The fraction of sp³-hybridized carbons (Fsp3) is 0.235. The van der Waals surface area contributed by atoms with Crippen LogP contribution in [0.1, 0.15) is 23.5 Å². The quantitative estimate of drug-likeness (QED) is 0.760. The molecule has 0 spiro atoms. The minimum absolute atomic E-state index is 0.541. The van der Waals surface area contributed by atoms with Crippen molar-refractivity contribution in [2.75, 3.05) is 5.32 Å². The summed E-state index contributed by atoms with van der Waals surface area (Å²) in [6.45, 7) is 2.12. The number of nitrogens with one attached hydrogen (secondary N) is 1. The Morgan fingerprint density at radius 1 is 1.15 bits per heavy atom. The van der Waals surface area contributed by atoms with Crippen molar-refractivity contribution in [3.63, 3.8) is 0 Å². The zero-order chi connectivity index (χ0) is 13.5. The molecule has 0 saturated heterocycles. The molecule has 0 radical (unpaired) electrons. The van der Waals surface area contributed by atoms with Crippen LogP contribution in [0.5, 0.6) is 0 Å². The number of fused-ring (bicyclic) bond motifs is 1. The fourth-order valence-electron chi connectivity index (χ4n) is 2.68. The van der Waals surface area contributed by atoms with E-state index in [0.29, 0.717) is 12.0 Å². The molecule has 2 unspecified atom stereocenters. The third-order valence-electron chi connectivity index (χ3n) is 3.87. The van der Waals surface area contributed by atoms with Gasteiger partial charge >= 0.3 is 0 Å². The van der Waals surface area contributed by atoms with Crippen LogP contribution in [0.4, 0.5) is 5.13 Å². The molecule has 0 aliphatic heterocycles. The summed E-state index contributed by atoms with van der Waals surface area (Å²) < 4.78 is 1.27. The van der Waals surface area contributed by atoms with Crippen LogP contribution in [-0.2, 0) is 0 Å². The predicted molar refractivity (Wildman–Crippen MR) is 85.6 cm³/mol. The number of thiazole rings is 1. The van der Waals surface area contributed by atoms with Gasteiger partial charge in [0.1, 0.15) is 0 Å². The minimum Gasteiger partial charge on any atom is -0.358 e. The minimum atomic E-state index is 0.541. The second kappa shape index (κ2) is 4.60. The molecular formula is C17H16N2S. The lowest BCUT2D eigenvalue weighted by molar-refractivity contribution is 1.04. The number of anilines is 1. The lowest BCUT2D eigenvalue weighted by Crippen LogP contribution is -2.03. The topological polar surface area (TPSA) is 24.9 Å². The molecule has 1 aromatic heterocycles. The van der Waals surface area contributed by atoms with E-state index in [1.54, 1.807) is 11.3 Å². The number of hydrogen-bond donors (Lipinski definition) is 1. The van der Waals surface area contributed by atoms with E-state index in [9.17, 15) is 0 Å². The van der Waals surface area contributed by atoms with E-state index in [1.165, 1.54) is 22.2 Å². The van der Waals surface area contributed by atoms with E-state index in [0.717, 1.165) is 10.6 Å². The summed E-state index contributed by atoms with van der Waals surface area (Å²) in [7, 11) is 0. The van der Waals surface area contributed by atoms with Crippen LogP contribution in [0.2, 0.25) is 0 Å². The van der Waals surface area contributed by atoms with Crippen LogP contribution in [0, 0.1) is 6.92 Å². The lowest BCUT2D eigenvalue weighted by Gasteiger charge is -2.01. The van der Waals surface area contributed by atoms with Crippen LogP contribution >= 0.6 is 11.3 Å². The first kappa shape index (κ1) is 11.9. The number of nitrogens with zero attached hydrogens (tertiary/aromatic N) is 1. The third kappa shape index (κ3) is 2.18. The van der Waals surface area contributed by atoms with Crippen LogP contribution in [-0.4, -0.2) is 11.0 Å². The van der Waals surface area contributed by atoms with Crippen LogP contribution in [0.25, 0.3) is 10.2 Å². The average molecular weight is 280 g/mol. The van der Waals surface area contributed by atoms with E-state index in [4.69, 9.17) is 0 Å². The highest BCUT2D eigenvalue weighted by Crippen LogP contribution is 2.43. The van der Waals surface area contributed by atoms with Gasteiger partial charge in [-0.15, -0.1) is 0 Å². The highest BCUT2D eigenvalue weighted by Gasteiger charge is 2.38. The van der Waals surface area contributed by atoms with Crippen molar-refractivity contribution in [3.05, 3.63) is 59.7 Å². The lowest BCUT2D eigenvalue weighted by atomic mass is 10.1. The molecule has 1 saturated carbocycles. The SMILES string of the molecule is Cc1ccc2nc(NC3CC3c3ccccc3)sc2c1. The van der Waals surface area contributed by atoms with Gasteiger partial charge in [-0.2, -0.15) is 0 Å². The number of benzene rings is 2. The van der Waals surface area contributed by atoms with E-state index in [2.05, 4.69) is 65.8 Å². The van der Waals surface area contributed by atoms with Crippen molar-refractivity contribution >= 4 is 26.7 Å². The van der Waals surface area contributed by atoms with Crippen LogP contribution in [0.15, 0.2) is 48.5 Å². The molecule has 1 fully saturated rings. The molecule has 2 atom stereocenters. The summed E-state index contributed by atoms with van der Waals surface area (Å²) in [5.74, 6) is 0.643. The Morgan fingerprint density at radius 3 is 2.85 bits per heavy atom. The summed E-state index contributed by atoms with van der Waals surface area (Å²) in [5, 5.41) is 4.63. The second-order valence-electron chi connectivity index (χ2n) is 5.49. The molecule has 3 aromatic rings. The molecule has 1 heterocycles. The van der Waals surface area contributed by atoms with Crippen molar-refractivity contribution in [3.8, 4) is 0 Å². The zero-order valence-electron chi connectivity index (χ0n) is 11.3. The van der Waals surface area contributed by atoms with Gasteiger partial charge < -0.3 is 5.32 Å². The molecule has 0 bridgehead atoms. The molecule has 4 rings (SSSR count). The normalized spacial score (nSPS) is 21.1. The third-order valence-corrected chi connectivity index (χ3v) is 4.82. The largest absolute Gasteiger partial charge is 0.358 e. The molecule has 2 aromatic carbocycles. The van der Waals surface area contributed by atoms with Gasteiger partial charge in [0.2, 0.25) is 0 Å². The maximum atomic E-state index is 4.67. The maximum Gasteiger partial charge on any atom is 0.184 e. The summed E-state index contributed by atoms with van der Waals surface area (Å²) in [4.78, 5) is 4.67. The predicted octanol–water partition coefficient (Wildman–Crippen LogP) is 4.57. The Kier molecular flexibility index (Phi) is 2.74. The molecule has 1 aliphatic carbocycles. The Hall–Kier alpha value is -1.87. The van der Waals surface area contributed by atoms with Crippen molar-refractivity contribution < 1.29 is 0 Å². The van der Waals surface area contributed by atoms with Crippen molar-refractivity contribution in [1.29, 1.82) is 0 Å². The monoisotopic (exact) mass is 280 g/mol. The molecule has 3 heteroatoms. The fourth-order valence-corrected chi connectivity index (χ4v) is 3.70. The van der Waals surface area contributed by atoms with Crippen molar-refractivity contribution in [2.45, 2.75) is 25.3 Å². The first-order valence-electron chi connectivity index (χ1n) is 6.98. The van der Waals surface area contributed by atoms with E-state index >= 15 is 0 Å². The Balaban J connectivity index is 1.52. The standard InChI is InChI=1S/C17H16N2S/c1-11-7-8-14-16(9-11)20-17(18-14)19-15-10-13(15)12-5-3-2-4-6-12/h2-9,13,15H,10H2,1H3,(H,18,19). The molecule has 2 nitrogen and oxygen atoms in total. The van der Waals surface area contributed by atoms with Gasteiger partial charge in [0, 0.05) is 12.0 Å². The molecular weight excluding hydrogens is 264 g/mol. The number of aromatic nitrogens is 1. The Labute approximate surface area is 122 Å². The van der Waals surface area contributed by atoms with E-state index < -0.39 is 0 Å². The van der Waals surface area contributed by atoms with Crippen LogP contribution in [0.3, 0.4) is 0 Å². The van der Waals surface area contributed by atoms with E-state index in [1.807, 2.05) is 0 Å². The zero-order valence-corrected chi connectivity index (χ0v) is 12.2. The van der Waals surface area contributed by atoms with Gasteiger partial charge in [-0.25, -0.2) is 4.98 Å². The maximum absolute atomic E-state index is 4.67.